The van der Waals surface area contributed by atoms with Crippen LogP contribution in [0, 0.1) is 11.7 Å². The highest BCUT2D eigenvalue weighted by Crippen LogP contribution is 2.50. The van der Waals surface area contributed by atoms with Crippen molar-refractivity contribution in [2.24, 2.45) is 5.92 Å². The molecule has 21 heteroatoms. The molecule has 0 saturated heterocycles. The molecule has 4 aromatic carbocycles. The first kappa shape index (κ1) is 41.0. The summed E-state index contributed by atoms with van der Waals surface area (Å²) in [4.78, 5) is 27.9. The predicted octanol–water partition coefficient (Wildman–Crippen LogP) is 8.07. The Bertz CT molecular complexity index is 2470. The number of nitrogens with zero attached hydrogens (tertiary/aromatic N) is 2. The van der Waals surface area contributed by atoms with E-state index in [4.69, 9.17) is 9.47 Å². The van der Waals surface area contributed by atoms with Gasteiger partial charge in [-0.1, -0.05) is 45.7 Å². The van der Waals surface area contributed by atoms with Crippen molar-refractivity contribution in [3.63, 3.8) is 0 Å². The molecule has 0 aromatic heterocycles. The van der Waals surface area contributed by atoms with Crippen LogP contribution in [0.5, 0.6) is 17.2 Å². The second-order valence-corrected chi connectivity index (χ2v) is 18.2. The van der Waals surface area contributed by atoms with Crippen LogP contribution < -0.4 is 33.5 Å². The number of rotatable bonds is 10. The van der Waals surface area contributed by atoms with Gasteiger partial charge < -0.3 is 19.1 Å². The second-order valence-electron chi connectivity index (χ2n) is 13.0. The number of benzene rings is 4. The molecule has 0 bridgehead atoms. The fourth-order valence-electron chi connectivity index (χ4n) is 5.97. The zero-order valence-corrected chi connectivity index (χ0v) is 34.2. The summed E-state index contributed by atoms with van der Waals surface area (Å²) in [6.45, 7) is 4.90. The van der Waals surface area contributed by atoms with Crippen LogP contribution in [-0.2, 0) is 29.6 Å². The third-order valence-corrected chi connectivity index (χ3v) is 12.1. The first-order chi connectivity index (χ1) is 26.0. The fourth-order valence-corrected chi connectivity index (χ4v) is 9.62. The molecular weight excluding hydrogens is 920 g/mol. The molecule has 2 aliphatic heterocycles. The summed E-state index contributed by atoms with van der Waals surface area (Å²) in [7, 11) is -7.82. The maximum Gasteiger partial charge on any atom is 0.573 e. The summed E-state index contributed by atoms with van der Waals surface area (Å²) >= 11 is 6.46. The Hall–Kier alpha value is -4.60. The Morgan fingerprint density at radius 1 is 0.786 bits per heavy atom. The van der Waals surface area contributed by atoms with Gasteiger partial charge in [0.2, 0.25) is 0 Å². The lowest BCUT2D eigenvalue weighted by Crippen LogP contribution is -2.44. The Balaban J connectivity index is 1.52. The summed E-state index contributed by atoms with van der Waals surface area (Å²) in [5.74, 6) is -3.81. The van der Waals surface area contributed by atoms with E-state index in [9.17, 15) is 44.0 Å². The largest absolute Gasteiger partial charge is 0.573 e. The van der Waals surface area contributed by atoms with Crippen LogP contribution >= 0.6 is 31.9 Å². The van der Waals surface area contributed by atoms with Crippen molar-refractivity contribution in [3.05, 3.63) is 81.5 Å². The van der Waals surface area contributed by atoms with E-state index in [0.29, 0.717) is 0 Å². The van der Waals surface area contributed by atoms with Gasteiger partial charge in [-0.3, -0.25) is 23.9 Å². The van der Waals surface area contributed by atoms with Gasteiger partial charge in [0.15, 0.2) is 29.5 Å². The minimum absolute atomic E-state index is 0.0269. The lowest BCUT2D eigenvalue weighted by atomic mass is 10.0. The molecule has 298 valence electrons. The number of amides is 2. The number of anilines is 5. The molecule has 2 heterocycles. The van der Waals surface area contributed by atoms with E-state index in [-0.39, 0.29) is 49.8 Å². The van der Waals surface area contributed by atoms with Gasteiger partial charge in [-0.05, 0) is 86.0 Å². The van der Waals surface area contributed by atoms with Crippen molar-refractivity contribution in [3.8, 4) is 17.2 Å². The number of carbonyl (C=O) groups excluding carboxylic acids is 2. The van der Waals surface area contributed by atoms with E-state index < -0.39 is 83.2 Å². The molecule has 13 nitrogen and oxygen atoms in total. The Morgan fingerprint density at radius 2 is 1.32 bits per heavy atom. The van der Waals surface area contributed by atoms with Gasteiger partial charge in [0.05, 0.1) is 22.7 Å². The average Bonchev–Trinajstić information content (AvgIpc) is 3.08. The first-order valence-corrected chi connectivity index (χ1v) is 20.9. The SMILES string of the molecule is CC(C)CC1Oc2c(cc(Br)cc2S(=O)(=O)Nc2ccc(F)cc2)N(c2cc(NS(=O)(=O)c3cc(Br)cc4c3OC(C)C(=O)N4C)ccc2OC(F)(F)F)C1=O. The van der Waals surface area contributed by atoms with Crippen LogP contribution in [-0.4, -0.2) is 54.3 Å². The van der Waals surface area contributed by atoms with Gasteiger partial charge in [0.25, 0.3) is 31.9 Å². The fraction of sp³-hybridized carbons (Fsp3) is 0.257. The molecule has 2 aliphatic rings. The Morgan fingerprint density at radius 3 is 1.89 bits per heavy atom. The standard InChI is InChI=1S/C35H30Br2F4N4O9S2/c1-17(2)11-28-34(47)45(26-13-20(37)15-30(32(26)53-28)55(48,49)42-22-7-5-21(38)6-8-22)24-16-23(9-10-27(24)54-35(39,40)41)43-56(50,51)29-14-19(36)12-25-31(29)52-18(3)33(46)44(25)4/h5-10,12-18,28,42-43H,11H2,1-4H3. The molecule has 2 amide bonds. The number of fused-ring (bicyclic) bond motifs is 2. The summed E-state index contributed by atoms with van der Waals surface area (Å²) in [6.07, 6.45) is -7.84. The van der Waals surface area contributed by atoms with Crippen LogP contribution in [0.2, 0.25) is 0 Å². The van der Waals surface area contributed by atoms with Crippen molar-refractivity contribution in [2.45, 2.75) is 55.6 Å². The number of halogens is 6. The predicted molar refractivity (Wildman–Crippen MR) is 204 cm³/mol. The molecule has 0 aliphatic carbocycles. The third kappa shape index (κ3) is 8.40. The number of ether oxygens (including phenoxy) is 3. The van der Waals surface area contributed by atoms with Crippen LogP contribution in [0.15, 0.2) is 85.5 Å². The highest BCUT2D eigenvalue weighted by atomic mass is 79.9. The van der Waals surface area contributed by atoms with Gasteiger partial charge in [0.1, 0.15) is 15.6 Å². The summed E-state index contributed by atoms with van der Waals surface area (Å²) in [5, 5.41) is 0. The topological polar surface area (TPSA) is 161 Å². The molecule has 0 fully saturated rings. The monoisotopic (exact) mass is 948 g/mol. The lowest BCUT2D eigenvalue weighted by molar-refractivity contribution is -0.274. The van der Waals surface area contributed by atoms with Crippen LogP contribution in [0.25, 0.3) is 0 Å². The molecule has 6 rings (SSSR count). The zero-order valence-electron chi connectivity index (χ0n) is 29.4. The molecular formula is C35H30Br2F4N4O9S2. The van der Waals surface area contributed by atoms with E-state index in [2.05, 4.69) is 46.0 Å². The van der Waals surface area contributed by atoms with E-state index in [1.807, 2.05) is 0 Å². The van der Waals surface area contributed by atoms with E-state index in [1.54, 1.807) is 13.8 Å². The molecule has 0 radical (unpaired) electrons. The van der Waals surface area contributed by atoms with Gasteiger partial charge in [-0.15, -0.1) is 13.2 Å². The summed E-state index contributed by atoms with van der Waals surface area (Å²) in [6, 6.07) is 12.1. The number of hydrogen-bond acceptors (Lipinski definition) is 9. The number of hydrogen-bond donors (Lipinski definition) is 2. The molecule has 0 saturated carbocycles. The maximum atomic E-state index is 14.3. The van der Waals surface area contributed by atoms with Crippen molar-refractivity contribution < 1.29 is 58.2 Å². The normalized spacial score (nSPS) is 17.2. The van der Waals surface area contributed by atoms with E-state index in [1.165, 1.54) is 37.1 Å². The minimum Gasteiger partial charge on any atom is -0.477 e. The third-order valence-electron chi connectivity index (χ3n) is 8.37. The molecule has 2 unspecified atom stereocenters. The van der Waals surface area contributed by atoms with Crippen LogP contribution in [0.3, 0.4) is 0 Å². The van der Waals surface area contributed by atoms with Crippen molar-refractivity contribution >= 4 is 92.2 Å². The zero-order chi connectivity index (χ0) is 41.1. The number of nitrogens with one attached hydrogen (secondary N) is 2. The minimum atomic E-state index is -5.30. The smallest absolute Gasteiger partial charge is 0.477 e. The van der Waals surface area contributed by atoms with Crippen molar-refractivity contribution in [2.75, 3.05) is 26.3 Å². The highest BCUT2D eigenvalue weighted by molar-refractivity contribution is 9.10. The van der Waals surface area contributed by atoms with Crippen LogP contribution in [0.1, 0.15) is 27.2 Å². The molecule has 56 heavy (non-hydrogen) atoms. The van der Waals surface area contributed by atoms with Crippen molar-refractivity contribution in [1.29, 1.82) is 0 Å². The number of carbonyl (C=O) groups is 2. The van der Waals surface area contributed by atoms with Gasteiger partial charge >= 0.3 is 6.36 Å². The second kappa shape index (κ2) is 15.1. The maximum absolute atomic E-state index is 14.3. The highest BCUT2D eigenvalue weighted by Gasteiger charge is 2.43. The summed E-state index contributed by atoms with van der Waals surface area (Å²) < 4.78 is 132. The quantitative estimate of drug-likeness (QED) is 0.150. The Kier molecular flexibility index (Phi) is 11.0. The first-order valence-electron chi connectivity index (χ1n) is 16.4. The van der Waals surface area contributed by atoms with Gasteiger partial charge in [-0.2, -0.15) is 0 Å². The van der Waals surface area contributed by atoms with Crippen LogP contribution in [0.4, 0.5) is 46.0 Å². The van der Waals surface area contributed by atoms with E-state index in [0.717, 1.165) is 53.4 Å². The molecule has 2 N–H and O–H groups in total. The number of sulfonamides is 2. The van der Waals surface area contributed by atoms with Crippen molar-refractivity contribution in [1.82, 2.24) is 0 Å². The average molecular weight is 951 g/mol. The lowest BCUT2D eigenvalue weighted by Gasteiger charge is -2.37. The molecule has 4 aromatic rings. The molecule has 0 spiro atoms. The van der Waals surface area contributed by atoms with Gasteiger partial charge in [0, 0.05) is 21.7 Å². The van der Waals surface area contributed by atoms with Gasteiger partial charge in [-0.25, -0.2) is 21.2 Å². The molecule has 2 atom stereocenters. The summed E-state index contributed by atoms with van der Waals surface area (Å²) in [5.41, 5.74) is -1.24. The Labute approximate surface area is 335 Å². The number of alkyl halides is 3. The van der Waals surface area contributed by atoms with E-state index >= 15 is 0 Å². The number of likely N-dealkylation sites (N-methyl/N-ethyl adjacent to an activating group) is 1.